The van der Waals surface area contributed by atoms with Gasteiger partial charge in [0.2, 0.25) is 0 Å². The lowest BCUT2D eigenvalue weighted by Crippen LogP contribution is -2.33. The number of hydrogen-bond donors (Lipinski definition) is 4. The van der Waals surface area contributed by atoms with Crippen molar-refractivity contribution in [3.63, 3.8) is 0 Å². The average molecular weight is 587 g/mol. The van der Waals surface area contributed by atoms with Crippen LogP contribution in [0.1, 0.15) is 61.2 Å². The number of aliphatic hydroxyl groups excluding tert-OH is 2. The van der Waals surface area contributed by atoms with Crippen molar-refractivity contribution in [2.24, 2.45) is 5.92 Å². The average Bonchev–Trinajstić information content (AvgIpc) is 3.59. The SMILES string of the molecule is COC[C@H]1O[C@@H](n2cnc3c(NCC(c4ccccc4)c4ccccc4)nc(CNCC4CCCCC4)nc32)[C@H](O)[C@@H]1O. The number of aromatic nitrogens is 4. The largest absolute Gasteiger partial charge is 0.387 e. The fraction of sp³-hybridized carbons (Fsp3) is 0.485. The first-order valence-electron chi connectivity index (χ1n) is 15.4. The van der Waals surface area contributed by atoms with Crippen molar-refractivity contribution in [3.05, 3.63) is 83.9 Å². The highest BCUT2D eigenvalue weighted by Crippen LogP contribution is 2.33. The van der Waals surface area contributed by atoms with Gasteiger partial charge in [-0.25, -0.2) is 15.0 Å². The standard InChI is InChI=1S/C33H42N6O4/c1-42-20-26-29(40)30(41)33(43-26)39-21-36-28-31(37-27(38-32(28)39)19-34-17-22-11-5-2-6-12-22)35-18-25(23-13-7-3-8-14-23)24-15-9-4-10-16-24/h3-4,7-10,13-16,21-22,25-26,29-30,33-34,40-41H,2,5-6,11-12,17-20H2,1H3,(H,35,37,38)/t26-,29-,30-,33-/m1/s1. The van der Waals surface area contributed by atoms with Crippen molar-refractivity contribution in [1.29, 1.82) is 0 Å². The number of fused-ring (bicyclic) bond motifs is 1. The van der Waals surface area contributed by atoms with Crippen LogP contribution in [0.25, 0.3) is 11.2 Å². The normalized spacial score (nSPS) is 22.9. The maximum absolute atomic E-state index is 10.9. The van der Waals surface area contributed by atoms with Crippen LogP contribution in [0.4, 0.5) is 5.82 Å². The van der Waals surface area contributed by atoms with Crippen molar-refractivity contribution >= 4 is 17.0 Å². The molecule has 10 nitrogen and oxygen atoms in total. The lowest BCUT2D eigenvalue weighted by Gasteiger charge is -2.22. The van der Waals surface area contributed by atoms with E-state index in [1.54, 1.807) is 18.0 Å². The lowest BCUT2D eigenvalue weighted by molar-refractivity contribution is -0.0580. The first-order valence-corrected chi connectivity index (χ1v) is 15.4. The molecule has 43 heavy (non-hydrogen) atoms. The van der Waals surface area contributed by atoms with Crippen LogP contribution in [-0.4, -0.2) is 74.9 Å². The summed E-state index contributed by atoms with van der Waals surface area (Å²) in [5, 5.41) is 28.7. The number of imidazole rings is 1. The quantitative estimate of drug-likeness (QED) is 0.195. The molecule has 0 spiro atoms. The minimum absolute atomic E-state index is 0.0901. The topological polar surface area (TPSA) is 127 Å². The lowest BCUT2D eigenvalue weighted by atomic mass is 9.89. The van der Waals surface area contributed by atoms with Gasteiger partial charge in [0.1, 0.15) is 24.1 Å². The molecule has 1 saturated carbocycles. The third-order valence-electron chi connectivity index (χ3n) is 8.73. The first kappa shape index (κ1) is 29.7. The molecule has 0 unspecified atom stereocenters. The molecule has 0 amide bonds. The number of aliphatic hydroxyl groups is 2. The Morgan fingerprint density at radius 1 is 0.953 bits per heavy atom. The first-order chi connectivity index (χ1) is 21.1. The Kier molecular flexibility index (Phi) is 9.60. The molecule has 2 aromatic heterocycles. The fourth-order valence-electron chi connectivity index (χ4n) is 6.39. The molecule has 4 atom stereocenters. The Morgan fingerprint density at radius 3 is 2.33 bits per heavy atom. The molecule has 0 radical (unpaired) electrons. The molecular formula is C33H42N6O4. The van der Waals surface area contributed by atoms with E-state index in [1.165, 1.54) is 43.2 Å². The highest BCUT2D eigenvalue weighted by Gasteiger charge is 2.44. The summed E-state index contributed by atoms with van der Waals surface area (Å²) in [5.74, 6) is 2.02. The molecule has 1 aliphatic carbocycles. The minimum atomic E-state index is -1.16. The Hall–Kier alpha value is -3.41. The van der Waals surface area contributed by atoms with Gasteiger partial charge >= 0.3 is 0 Å². The van der Waals surface area contributed by atoms with E-state index < -0.39 is 24.5 Å². The van der Waals surface area contributed by atoms with Crippen LogP contribution in [0.15, 0.2) is 67.0 Å². The van der Waals surface area contributed by atoms with E-state index in [1.807, 2.05) is 12.1 Å². The second-order valence-corrected chi connectivity index (χ2v) is 11.7. The van der Waals surface area contributed by atoms with Crippen LogP contribution in [0.3, 0.4) is 0 Å². The van der Waals surface area contributed by atoms with E-state index in [-0.39, 0.29) is 12.5 Å². The van der Waals surface area contributed by atoms with Crippen molar-refractivity contribution in [3.8, 4) is 0 Å². The third kappa shape index (κ3) is 6.73. The summed E-state index contributed by atoms with van der Waals surface area (Å²) in [6.45, 7) is 2.21. The Morgan fingerprint density at radius 2 is 1.65 bits per heavy atom. The van der Waals surface area contributed by atoms with Gasteiger partial charge < -0.3 is 30.3 Å². The van der Waals surface area contributed by atoms with Gasteiger partial charge in [0.25, 0.3) is 0 Å². The molecule has 2 aromatic carbocycles. The van der Waals surface area contributed by atoms with Gasteiger partial charge in [0.05, 0.1) is 19.5 Å². The van der Waals surface area contributed by atoms with Crippen molar-refractivity contribution in [2.75, 3.05) is 32.1 Å². The molecule has 6 rings (SSSR count). The summed E-state index contributed by atoms with van der Waals surface area (Å²) in [6.07, 6.45) is 4.29. The molecule has 2 aliphatic rings. The summed E-state index contributed by atoms with van der Waals surface area (Å²) in [5.41, 5.74) is 3.52. The van der Waals surface area contributed by atoms with Crippen molar-refractivity contribution in [2.45, 2.75) is 69.1 Å². The maximum atomic E-state index is 10.9. The Bertz CT molecular complexity index is 1410. The number of nitrogens with one attached hydrogen (secondary N) is 2. The summed E-state index contributed by atoms with van der Waals surface area (Å²) in [6, 6.07) is 20.9. The number of rotatable bonds is 12. The predicted octanol–water partition coefficient (Wildman–Crippen LogP) is 4.01. The fourth-order valence-corrected chi connectivity index (χ4v) is 6.39. The molecule has 10 heteroatoms. The zero-order valence-electron chi connectivity index (χ0n) is 24.7. The van der Waals surface area contributed by atoms with Gasteiger partial charge in [0, 0.05) is 19.6 Å². The summed E-state index contributed by atoms with van der Waals surface area (Å²) in [4.78, 5) is 14.5. The number of methoxy groups -OCH3 is 1. The van der Waals surface area contributed by atoms with E-state index in [0.717, 1.165) is 6.54 Å². The molecule has 4 aromatic rings. The highest BCUT2D eigenvalue weighted by atomic mass is 16.6. The van der Waals surface area contributed by atoms with Crippen LogP contribution in [-0.2, 0) is 16.0 Å². The third-order valence-corrected chi connectivity index (χ3v) is 8.73. The second kappa shape index (κ2) is 13.9. The van der Waals surface area contributed by atoms with Gasteiger partial charge in [-0.15, -0.1) is 0 Å². The van der Waals surface area contributed by atoms with E-state index in [4.69, 9.17) is 19.4 Å². The molecule has 2 fully saturated rings. The van der Waals surface area contributed by atoms with E-state index in [2.05, 4.69) is 64.1 Å². The van der Waals surface area contributed by atoms with Crippen LogP contribution in [0.2, 0.25) is 0 Å². The van der Waals surface area contributed by atoms with Gasteiger partial charge in [0.15, 0.2) is 23.2 Å². The van der Waals surface area contributed by atoms with Gasteiger partial charge in [-0.2, -0.15) is 0 Å². The molecule has 228 valence electrons. The predicted molar refractivity (Wildman–Crippen MR) is 165 cm³/mol. The van der Waals surface area contributed by atoms with Crippen molar-refractivity contribution in [1.82, 2.24) is 24.8 Å². The summed E-state index contributed by atoms with van der Waals surface area (Å²) in [7, 11) is 1.54. The highest BCUT2D eigenvalue weighted by molar-refractivity contribution is 5.83. The number of anilines is 1. The van der Waals surface area contributed by atoms with Crippen LogP contribution in [0, 0.1) is 5.92 Å². The summed E-state index contributed by atoms with van der Waals surface area (Å²) >= 11 is 0. The van der Waals surface area contributed by atoms with Crippen LogP contribution >= 0.6 is 0 Å². The van der Waals surface area contributed by atoms with Gasteiger partial charge in [-0.3, -0.25) is 4.57 Å². The zero-order chi connectivity index (χ0) is 29.6. The van der Waals surface area contributed by atoms with Crippen molar-refractivity contribution < 1.29 is 19.7 Å². The molecule has 3 heterocycles. The number of nitrogens with zero attached hydrogens (tertiary/aromatic N) is 4. The van der Waals surface area contributed by atoms with Gasteiger partial charge in [-0.05, 0) is 36.4 Å². The second-order valence-electron chi connectivity index (χ2n) is 11.7. The number of benzene rings is 2. The maximum Gasteiger partial charge on any atom is 0.168 e. The summed E-state index contributed by atoms with van der Waals surface area (Å²) < 4.78 is 12.9. The molecule has 4 N–H and O–H groups in total. The number of hydrogen-bond acceptors (Lipinski definition) is 9. The monoisotopic (exact) mass is 586 g/mol. The number of ether oxygens (including phenoxy) is 2. The molecule has 0 bridgehead atoms. The van der Waals surface area contributed by atoms with E-state index >= 15 is 0 Å². The Balaban J connectivity index is 1.30. The zero-order valence-corrected chi connectivity index (χ0v) is 24.7. The Labute approximate surface area is 252 Å². The molecule has 1 saturated heterocycles. The van der Waals surface area contributed by atoms with Gasteiger partial charge in [-0.1, -0.05) is 79.9 Å². The minimum Gasteiger partial charge on any atom is -0.387 e. The molecule has 1 aliphatic heterocycles. The van der Waals surface area contributed by atoms with Crippen LogP contribution < -0.4 is 10.6 Å². The van der Waals surface area contributed by atoms with E-state index in [0.29, 0.717) is 41.8 Å². The molecular weight excluding hydrogens is 544 g/mol. The smallest absolute Gasteiger partial charge is 0.168 e. The van der Waals surface area contributed by atoms with E-state index in [9.17, 15) is 10.2 Å². The van der Waals surface area contributed by atoms with Crippen LogP contribution in [0.5, 0.6) is 0 Å².